The quantitative estimate of drug-likeness (QED) is 0.816. The number of benzene rings is 1. The van der Waals surface area contributed by atoms with E-state index < -0.39 is 5.38 Å². The number of carbonyl (C=O) groups is 1. The third-order valence-corrected chi connectivity index (χ3v) is 2.14. The zero-order valence-electron chi connectivity index (χ0n) is 7.05. The van der Waals surface area contributed by atoms with Crippen LogP contribution in [0.2, 0.25) is 0 Å². The maximum Gasteiger partial charge on any atom is 0.242 e. The van der Waals surface area contributed by atoms with Gasteiger partial charge < -0.3 is 5.32 Å². The lowest BCUT2D eigenvalue weighted by molar-refractivity contribution is -0.115. The fourth-order valence-corrected chi connectivity index (χ4v) is 1.26. The van der Waals surface area contributed by atoms with Crippen LogP contribution < -0.4 is 5.32 Å². The number of nitrogens with one attached hydrogen (secondary N) is 1. The second-order valence-electron chi connectivity index (χ2n) is 2.62. The molecule has 0 saturated carbocycles. The summed E-state index contributed by atoms with van der Waals surface area (Å²) in [4.78, 5) is 11.2. The second kappa shape index (κ2) is 4.63. The third-order valence-electron chi connectivity index (χ3n) is 1.45. The molecule has 0 aromatic heterocycles. The molecular weight excluding hydrogens is 253 g/mol. The molecule has 0 aliphatic carbocycles. The zero-order valence-corrected chi connectivity index (χ0v) is 9.39. The molecule has 0 unspecified atom stereocenters. The smallest absolute Gasteiger partial charge is 0.242 e. The summed E-state index contributed by atoms with van der Waals surface area (Å²) in [7, 11) is 0. The SMILES string of the molecule is C[C@@H](Cl)C(=O)Nc1cccc(Br)c1. The standard InChI is InChI=1S/C9H9BrClNO/c1-6(11)9(13)12-8-4-2-3-7(10)5-8/h2-6H,1H3,(H,12,13)/t6-/m1/s1. The summed E-state index contributed by atoms with van der Waals surface area (Å²) in [6, 6.07) is 7.36. The normalized spacial score (nSPS) is 12.2. The molecule has 0 spiro atoms. The Morgan fingerprint density at radius 2 is 2.31 bits per heavy atom. The van der Waals surface area contributed by atoms with Gasteiger partial charge in [0, 0.05) is 10.2 Å². The van der Waals surface area contributed by atoms with Crippen molar-refractivity contribution < 1.29 is 4.79 Å². The monoisotopic (exact) mass is 261 g/mol. The van der Waals surface area contributed by atoms with Crippen molar-refractivity contribution in [2.75, 3.05) is 5.32 Å². The molecule has 1 aromatic carbocycles. The molecule has 4 heteroatoms. The highest BCUT2D eigenvalue weighted by Crippen LogP contribution is 2.16. The molecule has 70 valence electrons. The van der Waals surface area contributed by atoms with Crippen LogP contribution in [0, 0.1) is 0 Å². The topological polar surface area (TPSA) is 29.1 Å². The molecule has 2 nitrogen and oxygen atoms in total. The Kier molecular flexibility index (Phi) is 3.75. The van der Waals surface area contributed by atoms with Gasteiger partial charge in [0.25, 0.3) is 0 Å². The molecule has 1 N–H and O–H groups in total. The summed E-state index contributed by atoms with van der Waals surface area (Å²) in [6.07, 6.45) is 0. The van der Waals surface area contributed by atoms with Crippen LogP contribution in [0.5, 0.6) is 0 Å². The van der Waals surface area contributed by atoms with Crippen molar-refractivity contribution in [3.05, 3.63) is 28.7 Å². The van der Waals surface area contributed by atoms with Gasteiger partial charge >= 0.3 is 0 Å². The number of rotatable bonds is 2. The van der Waals surface area contributed by atoms with Crippen molar-refractivity contribution in [1.82, 2.24) is 0 Å². The zero-order chi connectivity index (χ0) is 9.84. The number of halogens is 2. The lowest BCUT2D eigenvalue weighted by atomic mass is 10.3. The van der Waals surface area contributed by atoms with Gasteiger partial charge in [0.15, 0.2) is 0 Å². The van der Waals surface area contributed by atoms with Gasteiger partial charge in [-0.1, -0.05) is 22.0 Å². The molecule has 0 aliphatic heterocycles. The van der Waals surface area contributed by atoms with Gasteiger partial charge in [0.05, 0.1) is 0 Å². The molecule has 0 heterocycles. The van der Waals surface area contributed by atoms with Gasteiger partial charge in [-0.25, -0.2) is 0 Å². The molecule has 0 fully saturated rings. The number of hydrogen-bond acceptors (Lipinski definition) is 1. The van der Waals surface area contributed by atoms with E-state index in [0.717, 1.165) is 10.2 Å². The van der Waals surface area contributed by atoms with Gasteiger partial charge in [0.2, 0.25) is 5.91 Å². The summed E-state index contributed by atoms with van der Waals surface area (Å²) < 4.78 is 0.924. The Morgan fingerprint density at radius 1 is 1.62 bits per heavy atom. The summed E-state index contributed by atoms with van der Waals surface area (Å²) in [5.74, 6) is -0.195. The fourth-order valence-electron chi connectivity index (χ4n) is 0.808. The summed E-state index contributed by atoms with van der Waals surface area (Å²) in [5.41, 5.74) is 0.742. The predicted molar refractivity (Wildman–Crippen MR) is 58.1 cm³/mol. The Morgan fingerprint density at radius 3 is 2.85 bits per heavy atom. The van der Waals surface area contributed by atoms with Crippen LogP contribution in [0.3, 0.4) is 0 Å². The van der Waals surface area contributed by atoms with Crippen molar-refractivity contribution in [3.8, 4) is 0 Å². The first-order valence-electron chi connectivity index (χ1n) is 3.80. The molecule has 0 bridgehead atoms. The highest BCUT2D eigenvalue weighted by atomic mass is 79.9. The maximum absolute atomic E-state index is 11.2. The van der Waals surface area contributed by atoms with E-state index in [4.69, 9.17) is 11.6 Å². The van der Waals surface area contributed by atoms with Gasteiger partial charge in [0.1, 0.15) is 5.38 Å². The van der Waals surface area contributed by atoms with Crippen molar-refractivity contribution in [3.63, 3.8) is 0 Å². The molecule has 1 aromatic rings. The first-order chi connectivity index (χ1) is 6.09. The lowest BCUT2D eigenvalue weighted by Gasteiger charge is -2.06. The third kappa shape index (κ3) is 3.36. The van der Waals surface area contributed by atoms with E-state index in [1.54, 1.807) is 6.92 Å². The van der Waals surface area contributed by atoms with Crippen LogP contribution in [0.25, 0.3) is 0 Å². The summed E-state index contributed by atoms with van der Waals surface area (Å²) in [6.45, 7) is 1.63. The van der Waals surface area contributed by atoms with Gasteiger partial charge in [-0.3, -0.25) is 4.79 Å². The first kappa shape index (κ1) is 10.5. The van der Waals surface area contributed by atoms with Crippen LogP contribution in [0.4, 0.5) is 5.69 Å². The van der Waals surface area contributed by atoms with Crippen molar-refractivity contribution in [2.45, 2.75) is 12.3 Å². The molecular formula is C9H9BrClNO. The van der Waals surface area contributed by atoms with Crippen molar-refractivity contribution in [2.24, 2.45) is 0 Å². The fraction of sp³-hybridized carbons (Fsp3) is 0.222. The number of alkyl halides is 1. The van der Waals surface area contributed by atoms with E-state index in [2.05, 4.69) is 21.2 Å². The van der Waals surface area contributed by atoms with Crippen molar-refractivity contribution >= 4 is 39.1 Å². The molecule has 1 rings (SSSR count). The average molecular weight is 263 g/mol. The second-order valence-corrected chi connectivity index (χ2v) is 4.19. The minimum absolute atomic E-state index is 0.195. The summed E-state index contributed by atoms with van der Waals surface area (Å²) in [5, 5.41) is 2.17. The van der Waals surface area contributed by atoms with Crippen LogP contribution in [-0.4, -0.2) is 11.3 Å². The molecule has 0 radical (unpaired) electrons. The van der Waals surface area contributed by atoms with Gasteiger partial charge in [-0.15, -0.1) is 11.6 Å². The number of hydrogen-bond donors (Lipinski definition) is 1. The van der Waals surface area contributed by atoms with E-state index in [1.807, 2.05) is 24.3 Å². The number of carbonyl (C=O) groups excluding carboxylic acids is 1. The Bertz CT molecular complexity index is 314. The van der Waals surface area contributed by atoms with Crippen LogP contribution in [0.1, 0.15) is 6.92 Å². The molecule has 0 aliphatic rings. The first-order valence-corrected chi connectivity index (χ1v) is 5.03. The Labute approximate surface area is 90.4 Å². The Balaban J connectivity index is 2.69. The van der Waals surface area contributed by atoms with E-state index in [1.165, 1.54) is 0 Å². The average Bonchev–Trinajstić information content (AvgIpc) is 2.04. The number of amides is 1. The molecule has 1 amide bonds. The largest absolute Gasteiger partial charge is 0.325 e. The lowest BCUT2D eigenvalue weighted by Crippen LogP contribution is -2.20. The van der Waals surface area contributed by atoms with Gasteiger partial charge in [-0.2, -0.15) is 0 Å². The van der Waals surface area contributed by atoms with E-state index in [-0.39, 0.29) is 5.91 Å². The molecule has 1 atom stereocenters. The molecule has 0 saturated heterocycles. The highest BCUT2D eigenvalue weighted by Gasteiger charge is 2.08. The van der Waals surface area contributed by atoms with Crippen LogP contribution in [0.15, 0.2) is 28.7 Å². The van der Waals surface area contributed by atoms with Crippen LogP contribution >= 0.6 is 27.5 Å². The van der Waals surface area contributed by atoms with E-state index in [0.29, 0.717) is 0 Å². The molecule has 13 heavy (non-hydrogen) atoms. The van der Waals surface area contributed by atoms with E-state index >= 15 is 0 Å². The predicted octanol–water partition coefficient (Wildman–Crippen LogP) is 3.01. The van der Waals surface area contributed by atoms with Gasteiger partial charge in [-0.05, 0) is 25.1 Å². The summed E-state index contributed by atoms with van der Waals surface area (Å²) >= 11 is 8.90. The number of anilines is 1. The maximum atomic E-state index is 11.2. The Hall–Kier alpha value is -0.540. The van der Waals surface area contributed by atoms with Crippen molar-refractivity contribution in [1.29, 1.82) is 0 Å². The van der Waals surface area contributed by atoms with E-state index in [9.17, 15) is 4.79 Å². The minimum Gasteiger partial charge on any atom is -0.325 e. The van der Waals surface area contributed by atoms with Crippen LogP contribution in [-0.2, 0) is 4.79 Å². The minimum atomic E-state index is -0.515. The highest BCUT2D eigenvalue weighted by molar-refractivity contribution is 9.10.